The molecule has 0 amide bonds. The van der Waals surface area contributed by atoms with Gasteiger partial charge in [-0.25, -0.2) is 0 Å². The summed E-state index contributed by atoms with van der Waals surface area (Å²) >= 11 is 0. The van der Waals surface area contributed by atoms with Crippen LogP contribution in [0.2, 0.25) is 0 Å². The standard InChI is InChI=1S/C15H22O3/c1-3-15(14(16)17,11-8-12-18-4-2)13-9-6-5-7-10-13/h5-7,9-10H,3-4,8,11-12H2,1-2H3,(H,16,17). The first kappa shape index (κ1) is 14.7. The van der Waals surface area contributed by atoms with Gasteiger partial charge in [-0.3, -0.25) is 4.79 Å². The van der Waals surface area contributed by atoms with Crippen molar-refractivity contribution in [3.63, 3.8) is 0 Å². The highest BCUT2D eigenvalue weighted by atomic mass is 16.5. The van der Waals surface area contributed by atoms with E-state index in [0.29, 0.717) is 26.1 Å². The zero-order valence-electron chi connectivity index (χ0n) is 11.2. The third-order valence-electron chi connectivity index (χ3n) is 3.44. The number of carboxylic acids is 1. The van der Waals surface area contributed by atoms with Crippen molar-refractivity contribution in [3.05, 3.63) is 35.9 Å². The molecule has 1 unspecified atom stereocenters. The number of carbonyl (C=O) groups is 1. The van der Waals surface area contributed by atoms with Crippen molar-refractivity contribution in [1.29, 1.82) is 0 Å². The molecule has 0 fully saturated rings. The Morgan fingerprint density at radius 2 is 1.94 bits per heavy atom. The molecule has 0 saturated heterocycles. The largest absolute Gasteiger partial charge is 0.481 e. The SMILES string of the molecule is CCOCCCC(CC)(C(=O)O)c1ccccc1. The monoisotopic (exact) mass is 250 g/mol. The van der Waals surface area contributed by atoms with Crippen molar-refractivity contribution < 1.29 is 14.6 Å². The van der Waals surface area contributed by atoms with Crippen LogP contribution < -0.4 is 0 Å². The molecular weight excluding hydrogens is 228 g/mol. The van der Waals surface area contributed by atoms with E-state index >= 15 is 0 Å². The van der Waals surface area contributed by atoms with Gasteiger partial charge in [-0.05, 0) is 31.7 Å². The fourth-order valence-corrected chi connectivity index (χ4v) is 2.28. The van der Waals surface area contributed by atoms with E-state index in [1.54, 1.807) is 0 Å². The van der Waals surface area contributed by atoms with Crippen LogP contribution in [0.15, 0.2) is 30.3 Å². The number of ether oxygens (including phenoxy) is 1. The molecule has 0 aliphatic rings. The van der Waals surface area contributed by atoms with Gasteiger partial charge in [-0.2, -0.15) is 0 Å². The molecule has 0 aliphatic heterocycles. The van der Waals surface area contributed by atoms with Crippen molar-refractivity contribution in [3.8, 4) is 0 Å². The molecule has 0 spiro atoms. The molecule has 1 aromatic carbocycles. The van der Waals surface area contributed by atoms with Gasteiger partial charge in [-0.15, -0.1) is 0 Å². The van der Waals surface area contributed by atoms with Gasteiger partial charge in [0.05, 0.1) is 5.41 Å². The predicted molar refractivity (Wildman–Crippen MR) is 71.8 cm³/mol. The Hall–Kier alpha value is -1.35. The zero-order chi connectivity index (χ0) is 13.4. The normalized spacial score (nSPS) is 14.1. The lowest BCUT2D eigenvalue weighted by molar-refractivity contribution is -0.144. The van der Waals surface area contributed by atoms with E-state index in [0.717, 1.165) is 12.0 Å². The van der Waals surface area contributed by atoms with Gasteiger partial charge in [0.25, 0.3) is 0 Å². The molecule has 0 bridgehead atoms. The second-order valence-corrected chi connectivity index (χ2v) is 4.41. The Morgan fingerprint density at radius 3 is 2.44 bits per heavy atom. The summed E-state index contributed by atoms with van der Waals surface area (Å²) in [4.78, 5) is 11.7. The fourth-order valence-electron chi connectivity index (χ4n) is 2.28. The van der Waals surface area contributed by atoms with Crippen LogP contribution in [0.4, 0.5) is 0 Å². The van der Waals surface area contributed by atoms with Crippen LogP contribution in [0, 0.1) is 0 Å². The molecule has 0 heterocycles. The molecule has 3 heteroatoms. The average molecular weight is 250 g/mol. The first-order valence-electron chi connectivity index (χ1n) is 6.54. The topological polar surface area (TPSA) is 46.5 Å². The first-order chi connectivity index (χ1) is 8.67. The lowest BCUT2D eigenvalue weighted by atomic mass is 9.74. The van der Waals surface area contributed by atoms with E-state index in [1.807, 2.05) is 44.2 Å². The molecule has 0 saturated carbocycles. The fraction of sp³-hybridized carbons (Fsp3) is 0.533. The molecule has 0 radical (unpaired) electrons. The maximum absolute atomic E-state index is 11.7. The van der Waals surface area contributed by atoms with Gasteiger partial charge in [0.2, 0.25) is 0 Å². The molecule has 1 atom stereocenters. The second-order valence-electron chi connectivity index (χ2n) is 4.41. The van der Waals surface area contributed by atoms with E-state index in [-0.39, 0.29) is 0 Å². The Balaban J connectivity index is 2.85. The van der Waals surface area contributed by atoms with Crippen LogP contribution in [-0.2, 0) is 14.9 Å². The highest BCUT2D eigenvalue weighted by Crippen LogP contribution is 2.33. The van der Waals surface area contributed by atoms with Gasteiger partial charge < -0.3 is 9.84 Å². The molecule has 0 aliphatic carbocycles. The van der Waals surface area contributed by atoms with E-state index in [9.17, 15) is 9.90 Å². The second kappa shape index (κ2) is 7.17. The highest BCUT2D eigenvalue weighted by molar-refractivity contribution is 5.81. The minimum atomic E-state index is -0.779. The average Bonchev–Trinajstić information content (AvgIpc) is 2.40. The Bertz CT molecular complexity index is 361. The van der Waals surface area contributed by atoms with Crippen LogP contribution in [0.3, 0.4) is 0 Å². The highest BCUT2D eigenvalue weighted by Gasteiger charge is 2.37. The lowest BCUT2D eigenvalue weighted by Gasteiger charge is -2.28. The number of benzene rings is 1. The zero-order valence-corrected chi connectivity index (χ0v) is 11.2. The number of aliphatic carboxylic acids is 1. The van der Waals surface area contributed by atoms with Gasteiger partial charge in [0, 0.05) is 13.2 Å². The first-order valence-corrected chi connectivity index (χ1v) is 6.54. The minimum Gasteiger partial charge on any atom is -0.481 e. The molecule has 1 rings (SSSR count). The van der Waals surface area contributed by atoms with Crippen LogP contribution in [-0.4, -0.2) is 24.3 Å². The van der Waals surface area contributed by atoms with Crippen LogP contribution >= 0.6 is 0 Å². The molecule has 3 nitrogen and oxygen atoms in total. The smallest absolute Gasteiger partial charge is 0.314 e. The van der Waals surface area contributed by atoms with Crippen molar-refractivity contribution in [2.45, 2.75) is 38.5 Å². The molecular formula is C15H22O3. The van der Waals surface area contributed by atoms with E-state index in [2.05, 4.69) is 0 Å². The van der Waals surface area contributed by atoms with Crippen molar-refractivity contribution in [2.75, 3.05) is 13.2 Å². The summed E-state index contributed by atoms with van der Waals surface area (Å²) in [6.07, 6.45) is 1.98. The summed E-state index contributed by atoms with van der Waals surface area (Å²) in [5.41, 5.74) is 0.106. The Labute approximate surface area is 109 Å². The molecule has 1 N–H and O–H groups in total. The predicted octanol–water partition coefficient (Wildman–Crippen LogP) is 3.24. The van der Waals surface area contributed by atoms with E-state index in [1.165, 1.54) is 0 Å². The molecule has 1 aromatic rings. The summed E-state index contributed by atoms with van der Waals surface area (Å²) in [5, 5.41) is 9.59. The maximum atomic E-state index is 11.7. The van der Waals surface area contributed by atoms with Gasteiger partial charge in [0.15, 0.2) is 0 Å². The Morgan fingerprint density at radius 1 is 1.28 bits per heavy atom. The number of rotatable bonds is 8. The van der Waals surface area contributed by atoms with Gasteiger partial charge in [-0.1, -0.05) is 37.3 Å². The van der Waals surface area contributed by atoms with Crippen LogP contribution in [0.5, 0.6) is 0 Å². The maximum Gasteiger partial charge on any atom is 0.314 e. The summed E-state index contributed by atoms with van der Waals surface area (Å²) < 4.78 is 5.30. The van der Waals surface area contributed by atoms with Gasteiger partial charge >= 0.3 is 5.97 Å². The van der Waals surface area contributed by atoms with E-state index in [4.69, 9.17) is 4.74 Å². The van der Waals surface area contributed by atoms with E-state index < -0.39 is 11.4 Å². The molecule has 18 heavy (non-hydrogen) atoms. The summed E-state index contributed by atoms with van der Waals surface area (Å²) in [6, 6.07) is 9.50. The number of hydrogen-bond donors (Lipinski definition) is 1. The third kappa shape index (κ3) is 3.33. The molecule has 100 valence electrons. The number of hydrogen-bond acceptors (Lipinski definition) is 2. The summed E-state index contributed by atoms with van der Waals surface area (Å²) in [6.45, 7) is 5.18. The van der Waals surface area contributed by atoms with Crippen molar-refractivity contribution in [2.24, 2.45) is 0 Å². The Kier molecular flexibility index (Phi) is 5.86. The van der Waals surface area contributed by atoms with Crippen molar-refractivity contribution >= 4 is 5.97 Å². The van der Waals surface area contributed by atoms with Crippen molar-refractivity contribution in [1.82, 2.24) is 0 Å². The van der Waals surface area contributed by atoms with Crippen LogP contribution in [0.25, 0.3) is 0 Å². The minimum absolute atomic E-state index is 0.596. The molecule has 0 aromatic heterocycles. The van der Waals surface area contributed by atoms with Crippen LogP contribution in [0.1, 0.15) is 38.7 Å². The van der Waals surface area contributed by atoms with Gasteiger partial charge in [0.1, 0.15) is 0 Å². The lowest BCUT2D eigenvalue weighted by Crippen LogP contribution is -2.35. The summed E-state index contributed by atoms with van der Waals surface area (Å²) in [7, 11) is 0. The third-order valence-corrected chi connectivity index (χ3v) is 3.44. The quantitative estimate of drug-likeness (QED) is 0.720. The summed E-state index contributed by atoms with van der Waals surface area (Å²) in [5.74, 6) is -0.743. The number of carboxylic acid groups (broad SMARTS) is 1.